The lowest BCUT2D eigenvalue weighted by Gasteiger charge is -2.20. The van der Waals surface area contributed by atoms with Gasteiger partial charge in [0.2, 0.25) is 0 Å². The van der Waals surface area contributed by atoms with Gasteiger partial charge in [0, 0.05) is 5.56 Å². The van der Waals surface area contributed by atoms with Crippen LogP contribution < -0.4 is 16.0 Å². The average Bonchev–Trinajstić information content (AvgIpc) is 2.44. The van der Waals surface area contributed by atoms with Crippen molar-refractivity contribution in [2.45, 2.75) is 6.04 Å². The standard InChI is InChI=1S/C14H13F3N2O/c1-20-12-4-2-3-11(17)13(12)14(19-18)9-7-8(15)5-6-10(9)16/h2-7,14,19H,18H2,1H3. The summed E-state index contributed by atoms with van der Waals surface area (Å²) in [7, 11) is 1.35. The van der Waals surface area contributed by atoms with Crippen molar-refractivity contribution in [3.05, 3.63) is 65.0 Å². The van der Waals surface area contributed by atoms with E-state index in [1.54, 1.807) is 0 Å². The molecule has 6 heteroatoms. The normalized spacial score (nSPS) is 12.2. The molecule has 106 valence electrons. The molecule has 1 atom stereocenters. The Balaban J connectivity index is 2.61. The van der Waals surface area contributed by atoms with E-state index in [1.807, 2.05) is 0 Å². The van der Waals surface area contributed by atoms with Gasteiger partial charge in [-0.25, -0.2) is 18.6 Å². The van der Waals surface area contributed by atoms with Gasteiger partial charge < -0.3 is 4.74 Å². The van der Waals surface area contributed by atoms with Crippen molar-refractivity contribution in [2.75, 3.05) is 7.11 Å². The Morgan fingerprint density at radius 1 is 1.10 bits per heavy atom. The van der Waals surface area contributed by atoms with Crippen LogP contribution in [-0.4, -0.2) is 7.11 Å². The zero-order chi connectivity index (χ0) is 14.7. The Morgan fingerprint density at radius 3 is 2.50 bits per heavy atom. The fourth-order valence-corrected chi connectivity index (χ4v) is 2.04. The monoisotopic (exact) mass is 282 g/mol. The van der Waals surface area contributed by atoms with Crippen LogP contribution in [0.3, 0.4) is 0 Å². The van der Waals surface area contributed by atoms with Gasteiger partial charge in [0.1, 0.15) is 23.2 Å². The van der Waals surface area contributed by atoms with E-state index in [1.165, 1.54) is 25.3 Å². The summed E-state index contributed by atoms with van der Waals surface area (Å²) in [5, 5.41) is 0. The highest BCUT2D eigenvalue weighted by Gasteiger charge is 2.24. The van der Waals surface area contributed by atoms with Crippen LogP contribution in [-0.2, 0) is 0 Å². The van der Waals surface area contributed by atoms with E-state index in [-0.39, 0.29) is 16.9 Å². The first-order chi connectivity index (χ1) is 9.58. The number of hydrogen-bond donors (Lipinski definition) is 2. The van der Waals surface area contributed by atoms with Gasteiger partial charge in [0.25, 0.3) is 0 Å². The third kappa shape index (κ3) is 2.61. The van der Waals surface area contributed by atoms with Gasteiger partial charge in [-0.15, -0.1) is 0 Å². The number of ether oxygens (including phenoxy) is 1. The van der Waals surface area contributed by atoms with E-state index in [2.05, 4.69) is 5.43 Å². The first kappa shape index (κ1) is 14.4. The van der Waals surface area contributed by atoms with E-state index in [0.717, 1.165) is 18.2 Å². The summed E-state index contributed by atoms with van der Waals surface area (Å²) in [5.41, 5.74) is 2.21. The highest BCUT2D eigenvalue weighted by Crippen LogP contribution is 2.33. The summed E-state index contributed by atoms with van der Waals surface area (Å²) in [5.74, 6) is 3.61. The summed E-state index contributed by atoms with van der Waals surface area (Å²) < 4.78 is 46.2. The molecule has 0 heterocycles. The van der Waals surface area contributed by atoms with Gasteiger partial charge in [-0.1, -0.05) is 6.07 Å². The molecule has 1 unspecified atom stereocenters. The van der Waals surface area contributed by atoms with Crippen LogP contribution in [0, 0.1) is 17.5 Å². The van der Waals surface area contributed by atoms with Gasteiger partial charge in [0.05, 0.1) is 18.7 Å². The predicted molar refractivity (Wildman–Crippen MR) is 68.5 cm³/mol. The van der Waals surface area contributed by atoms with Crippen LogP contribution in [0.4, 0.5) is 13.2 Å². The van der Waals surface area contributed by atoms with E-state index in [9.17, 15) is 13.2 Å². The molecule has 0 aliphatic carbocycles. The van der Waals surface area contributed by atoms with E-state index in [0.29, 0.717) is 0 Å². The lowest BCUT2D eigenvalue weighted by molar-refractivity contribution is 0.395. The Hall–Kier alpha value is -2.05. The summed E-state index contributed by atoms with van der Waals surface area (Å²) in [6.07, 6.45) is 0. The molecule has 0 saturated carbocycles. The molecule has 0 radical (unpaired) electrons. The first-order valence-electron chi connectivity index (χ1n) is 5.82. The number of hydrazine groups is 1. The molecule has 0 bridgehead atoms. The highest BCUT2D eigenvalue weighted by molar-refractivity contribution is 5.43. The minimum absolute atomic E-state index is 0.0157. The van der Waals surface area contributed by atoms with Gasteiger partial charge in [0.15, 0.2) is 0 Å². The van der Waals surface area contributed by atoms with Crippen molar-refractivity contribution in [1.29, 1.82) is 0 Å². The minimum atomic E-state index is -1.07. The van der Waals surface area contributed by atoms with Gasteiger partial charge >= 0.3 is 0 Å². The van der Waals surface area contributed by atoms with E-state index >= 15 is 0 Å². The molecule has 0 spiro atoms. The number of nitrogens with one attached hydrogen (secondary N) is 1. The Bertz CT molecular complexity index is 619. The number of methoxy groups -OCH3 is 1. The third-order valence-corrected chi connectivity index (χ3v) is 2.96. The zero-order valence-electron chi connectivity index (χ0n) is 10.7. The molecule has 0 aliphatic heterocycles. The highest BCUT2D eigenvalue weighted by atomic mass is 19.1. The molecule has 0 aromatic heterocycles. The third-order valence-electron chi connectivity index (χ3n) is 2.96. The van der Waals surface area contributed by atoms with Crippen molar-refractivity contribution >= 4 is 0 Å². The van der Waals surface area contributed by atoms with Crippen LogP contribution in [0.5, 0.6) is 5.75 Å². The molecule has 20 heavy (non-hydrogen) atoms. The Kier molecular flexibility index (Phi) is 4.26. The largest absolute Gasteiger partial charge is 0.496 e. The molecular formula is C14H13F3N2O. The van der Waals surface area contributed by atoms with Crippen molar-refractivity contribution in [3.8, 4) is 5.75 Å². The summed E-state index contributed by atoms with van der Waals surface area (Å²) in [4.78, 5) is 0. The fraction of sp³-hybridized carbons (Fsp3) is 0.143. The van der Waals surface area contributed by atoms with Gasteiger partial charge in [-0.2, -0.15) is 0 Å². The maximum Gasteiger partial charge on any atom is 0.132 e. The molecule has 2 aromatic rings. The molecule has 3 nitrogen and oxygen atoms in total. The molecule has 3 N–H and O–H groups in total. The Morgan fingerprint density at radius 2 is 1.85 bits per heavy atom. The average molecular weight is 282 g/mol. The number of halogens is 3. The SMILES string of the molecule is COc1cccc(F)c1C(NN)c1cc(F)ccc1F. The Labute approximate surface area is 114 Å². The van der Waals surface area contributed by atoms with Crippen molar-refractivity contribution in [2.24, 2.45) is 5.84 Å². The van der Waals surface area contributed by atoms with Crippen LogP contribution in [0.15, 0.2) is 36.4 Å². The number of hydrogen-bond acceptors (Lipinski definition) is 3. The summed E-state index contributed by atoms with van der Waals surface area (Å²) in [6, 6.07) is 5.99. The van der Waals surface area contributed by atoms with E-state index in [4.69, 9.17) is 10.6 Å². The second kappa shape index (κ2) is 5.94. The molecular weight excluding hydrogens is 269 g/mol. The minimum Gasteiger partial charge on any atom is -0.496 e. The smallest absolute Gasteiger partial charge is 0.132 e. The molecule has 0 fully saturated rings. The number of benzene rings is 2. The topological polar surface area (TPSA) is 47.3 Å². The van der Waals surface area contributed by atoms with Crippen LogP contribution in [0.1, 0.15) is 17.2 Å². The maximum atomic E-state index is 14.0. The quantitative estimate of drug-likeness (QED) is 0.669. The van der Waals surface area contributed by atoms with Crippen LogP contribution >= 0.6 is 0 Å². The van der Waals surface area contributed by atoms with Gasteiger partial charge in [-0.3, -0.25) is 5.84 Å². The number of rotatable bonds is 4. The van der Waals surface area contributed by atoms with E-state index < -0.39 is 23.5 Å². The molecule has 0 saturated heterocycles. The summed E-state index contributed by atoms with van der Waals surface area (Å²) in [6.45, 7) is 0. The molecule has 2 rings (SSSR count). The second-order valence-corrected chi connectivity index (χ2v) is 4.12. The van der Waals surface area contributed by atoms with Crippen molar-refractivity contribution in [3.63, 3.8) is 0 Å². The molecule has 0 amide bonds. The summed E-state index contributed by atoms with van der Waals surface area (Å²) >= 11 is 0. The predicted octanol–water partition coefficient (Wildman–Crippen LogP) is 2.67. The first-order valence-corrected chi connectivity index (χ1v) is 5.82. The lowest BCUT2D eigenvalue weighted by Crippen LogP contribution is -2.30. The second-order valence-electron chi connectivity index (χ2n) is 4.12. The van der Waals surface area contributed by atoms with Crippen molar-refractivity contribution < 1.29 is 17.9 Å². The van der Waals surface area contributed by atoms with Gasteiger partial charge in [-0.05, 0) is 30.3 Å². The number of nitrogens with two attached hydrogens (primary N) is 1. The van der Waals surface area contributed by atoms with Crippen molar-refractivity contribution in [1.82, 2.24) is 5.43 Å². The maximum absolute atomic E-state index is 14.0. The lowest BCUT2D eigenvalue weighted by atomic mass is 9.97. The zero-order valence-corrected chi connectivity index (χ0v) is 10.7. The fourth-order valence-electron chi connectivity index (χ4n) is 2.04. The van der Waals surface area contributed by atoms with Crippen LogP contribution in [0.2, 0.25) is 0 Å². The molecule has 2 aromatic carbocycles. The van der Waals surface area contributed by atoms with Crippen LogP contribution in [0.25, 0.3) is 0 Å². The molecule has 0 aliphatic rings.